The summed E-state index contributed by atoms with van der Waals surface area (Å²) in [6.45, 7) is 2.46. The summed E-state index contributed by atoms with van der Waals surface area (Å²) in [5.41, 5.74) is 0.997. The van der Waals surface area contributed by atoms with E-state index in [2.05, 4.69) is 5.32 Å². The van der Waals surface area contributed by atoms with E-state index in [-0.39, 0.29) is 24.4 Å². The minimum Gasteiger partial charge on any atom is -0.467 e. The third-order valence-corrected chi connectivity index (χ3v) is 6.37. The van der Waals surface area contributed by atoms with E-state index in [0.717, 1.165) is 31.2 Å². The van der Waals surface area contributed by atoms with E-state index in [0.29, 0.717) is 23.6 Å². The number of hydrogen-bond acceptors (Lipinski definition) is 4. The van der Waals surface area contributed by atoms with Crippen molar-refractivity contribution in [1.82, 2.24) is 14.8 Å². The molecule has 29 heavy (non-hydrogen) atoms. The van der Waals surface area contributed by atoms with Crippen LogP contribution in [-0.2, 0) is 17.9 Å². The summed E-state index contributed by atoms with van der Waals surface area (Å²) in [5.74, 6) is 0.347. The van der Waals surface area contributed by atoms with Crippen LogP contribution in [0.25, 0.3) is 11.1 Å². The minimum absolute atomic E-state index is 0.111. The van der Waals surface area contributed by atoms with Crippen LogP contribution in [-0.4, -0.2) is 32.9 Å². The highest BCUT2D eigenvalue weighted by atomic mass is 16.3. The highest BCUT2D eigenvalue weighted by Crippen LogP contribution is 2.34. The first-order valence-electron chi connectivity index (χ1n) is 10.3. The van der Waals surface area contributed by atoms with E-state index in [4.69, 9.17) is 8.83 Å². The highest BCUT2D eigenvalue weighted by Gasteiger charge is 2.48. The second kappa shape index (κ2) is 6.83. The molecular formula is C22H25N3O4. The van der Waals surface area contributed by atoms with Crippen LogP contribution in [0.5, 0.6) is 0 Å². The van der Waals surface area contributed by atoms with Gasteiger partial charge >= 0.3 is 0 Å². The molecule has 0 unspecified atom stereocenters. The number of nitrogens with zero attached hydrogens (tertiary/aromatic N) is 2. The van der Waals surface area contributed by atoms with Crippen LogP contribution in [0.1, 0.15) is 55.3 Å². The smallest absolute Gasteiger partial charge is 0.272 e. The van der Waals surface area contributed by atoms with Gasteiger partial charge in [0, 0.05) is 18.2 Å². The molecule has 4 heterocycles. The second-order valence-corrected chi connectivity index (χ2v) is 8.34. The van der Waals surface area contributed by atoms with Crippen LogP contribution in [0.2, 0.25) is 0 Å². The van der Waals surface area contributed by atoms with Crippen molar-refractivity contribution in [3.8, 4) is 0 Å². The molecule has 1 atom stereocenters. The number of fused-ring (bicyclic) bond motifs is 3. The van der Waals surface area contributed by atoms with Gasteiger partial charge in [-0.3, -0.25) is 9.59 Å². The van der Waals surface area contributed by atoms with Crippen molar-refractivity contribution < 1.29 is 18.4 Å². The molecule has 7 heteroatoms. The topological polar surface area (TPSA) is 80.6 Å². The SMILES string of the molecule is C[C@@]1(C(=O)NC2CCCCC2)Cn2c(cc3occc32)C(=O)N1Cc1ccco1. The Morgan fingerprint density at radius 1 is 1.21 bits per heavy atom. The first-order chi connectivity index (χ1) is 14.1. The third-order valence-electron chi connectivity index (χ3n) is 6.37. The Morgan fingerprint density at radius 2 is 2.03 bits per heavy atom. The Hall–Kier alpha value is -2.96. The average molecular weight is 395 g/mol. The fourth-order valence-corrected chi connectivity index (χ4v) is 4.67. The predicted octanol–water partition coefficient (Wildman–Crippen LogP) is 3.69. The molecule has 3 aromatic rings. The maximum absolute atomic E-state index is 13.5. The molecule has 0 radical (unpaired) electrons. The lowest BCUT2D eigenvalue weighted by Gasteiger charge is -2.44. The molecular weight excluding hydrogens is 370 g/mol. The van der Waals surface area contributed by atoms with Crippen LogP contribution in [0.4, 0.5) is 0 Å². The molecule has 2 amide bonds. The zero-order valence-corrected chi connectivity index (χ0v) is 16.5. The average Bonchev–Trinajstić information content (AvgIpc) is 3.45. The van der Waals surface area contributed by atoms with Crippen molar-refractivity contribution in [2.75, 3.05) is 0 Å². The Kier molecular flexibility index (Phi) is 4.26. The number of hydrogen-bond donors (Lipinski definition) is 1. The largest absolute Gasteiger partial charge is 0.467 e. The zero-order valence-electron chi connectivity index (χ0n) is 16.5. The van der Waals surface area contributed by atoms with Gasteiger partial charge in [0.2, 0.25) is 5.91 Å². The molecule has 0 aromatic carbocycles. The van der Waals surface area contributed by atoms with Gasteiger partial charge in [0.25, 0.3) is 5.91 Å². The van der Waals surface area contributed by atoms with E-state index in [1.54, 1.807) is 29.6 Å². The number of rotatable bonds is 4. The van der Waals surface area contributed by atoms with Gasteiger partial charge in [-0.2, -0.15) is 0 Å². The lowest BCUT2D eigenvalue weighted by atomic mass is 9.91. The van der Waals surface area contributed by atoms with Crippen molar-refractivity contribution in [2.45, 2.75) is 63.7 Å². The first-order valence-corrected chi connectivity index (χ1v) is 10.3. The fraction of sp³-hybridized carbons (Fsp3) is 0.455. The summed E-state index contributed by atoms with van der Waals surface area (Å²) in [4.78, 5) is 28.6. The molecule has 1 aliphatic carbocycles. The molecule has 2 aliphatic rings. The van der Waals surface area contributed by atoms with Crippen molar-refractivity contribution in [1.29, 1.82) is 0 Å². The number of amides is 2. The molecule has 1 N–H and O–H groups in total. The lowest BCUT2D eigenvalue weighted by Crippen LogP contribution is -2.64. The van der Waals surface area contributed by atoms with Gasteiger partial charge in [-0.15, -0.1) is 0 Å². The molecule has 5 rings (SSSR count). The van der Waals surface area contributed by atoms with Gasteiger partial charge in [0.05, 0.1) is 31.1 Å². The molecule has 1 saturated carbocycles. The van der Waals surface area contributed by atoms with E-state index >= 15 is 0 Å². The number of aromatic nitrogens is 1. The molecule has 3 aromatic heterocycles. The molecule has 7 nitrogen and oxygen atoms in total. The highest BCUT2D eigenvalue weighted by molar-refractivity contribution is 6.02. The maximum atomic E-state index is 13.5. The third kappa shape index (κ3) is 2.96. The van der Waals surface area contributed by atoms with Gasteiger partial charge < -0.3 is 23.6 Å². The number of nitrogens with one attached hydrogen (secondary N) is 1. The summed E-state index contributed by atoms with van der Waals surface area (Å²) in [6, 6.07) is 7.39. The molecule has 0 saturated heterocycles. The number of carbonyl (C=O) groups excluding carboxylic acids is 2. The van der Waals surface area contributed by atoms with Gasteiger partial charge in [-0.05, 0) is 31.9 Å². The van der Waals surface area contributed by atoms with Crippen LogP contribution in [0.15, 0.2) is 45.6 Å². The monoisotopic (exact) mass is 395 g/mol. The van der Waals surface area contributed by atoms with E-state index in [1.807, 2.05) is 23.6 Å². The summed E-state index contributed by atoms with van der Waals surface area (Å²) in [5, 5.41) is 3.22. The van der Waals surface area contributed by atoms with Crippen molar-refractivity contribution in [2.24, 2.45) is 0 Å². The van der Waals surface area contributed by atoms with Crippen molar-refractivity contribution in [3.63, 3.8) is 0 Å². The fourth-order valence-electron chi connectivity index (χ4n) is 4.67. The maximum Gasteiger partial charge on any atom is 0.272 e. The van der Waals surface area contributed by atoms with Crippen molar-refractivity contribution >= 4 is 22.9 Å². The van der Waals surface area contributed by atoms with Crippen molar-refractivity contribution in [3.05, 3.63) is 48.2 Å². The molecule has 0 spiro atoms. The van der Waals surface area contributed by atoms with Crippen LogP contribution in [0.3, 0.4) is 0 Å². The Balaban J connectivity index is 1.53. The van der Waals surface area contributed by atoms with E-state index in [9.17, 15) is 9.59 Å². The standard InChI is InChI=1S/C22H25N3O4/c1-22(21(27)23-15-6-3-2-4-7-15)14-24-17-9-11-29-19(17)12-18(24)20(26)25(22)13-16-8-5-10-28-16/h5,8-12,15H,2-4,6-7,13-14H2,1H3,(H,23,27)/t22-/m0/s1. The Bertz CT molecular complexity index is 1040. The quantitative estimate of drug-likeness (QED) is 0.731. The lowest BCUT2D eigenvalue weighted by molar-refractivity contribution is -0.134. The predicted molar refractivity (Wildman–Crippen MR) is 106 cm³/mol. The number of carbonyl (C=O) groups is 2. The Labute approximate surface area is 168 Å². The molecule has 1 fully saturated rings. The van der Waals surface area contributed by atoms with Crippen LogP contribution < -0.4 is 5.32 Å². The van der Waals surface area contributed by atoms with Gasteiger partial charge in [0.1, 0.15) is 17.0 Å². The normalized spacial score (nSPS) is 22.8. The number of furan rings is 2. The molecule has 1 aliphatic heterocycles. The summed E-state index contributed by atoms with van der Waals surface area (Å²) in [7, 11) is 0. The molecule has 152 valence electrons. The van der Waals surface area contributed by atoms with Gasteiger partial charge in [-0.1, -0.05) is 19.3 Å². The van der Waals surface area contributed by atoms with E-state index < -0.39 is 5.54 Å². The van der Waals surface area contributed by atoms with E-state index in [1.165, 1.54) is 6.42 Å². The second-order valence-electron chi connectivity index (χ2n) is 8.34. The Morgan fingerprint density at radius 3 is 2.79 bits per heavy atom. The van der Waals surface area contributed by atoms with Gasteiger partial charge in [0.15, 0.2) is 5.58 Å². The summed E-state index contributed by atoms with van der Waals surface area (Å²) < 4.78 is 12.9. The first kappa shape index (κ1) is 18.1. The van der Waals surface area contributed by atoms with Crippen LogP contribution >= 0.6 is 0 Å². The van der Waals surface area contributed by atoms with Gasteiger partial charge in [-0.25, -0.2) is 0 Å². The molecule has 0 bridgehead atoms. The van der Waals surface area contributed by atoms with Crippen LogP contribution in [0, 0.1) is 0 Å². The summed E-state index contributed by atoms with van der Waals surface area (Å²) in [6.07, 6.45) is 8.67. The zero-order chi connectivity index (χ0) is 20.0. The summed E-state index contributed by atoms with van der Waals surface area (Å²) >= 11 is 0. The minimum atomic E-state index is -1.03.